The number of carbonyl (C=O) groups is 1. The summed E-state index contributed by atoms with van der Waals surface area (Å²) in [7, 11) is 0. The molecule has 0 spiro atoms. The van der Waals surface area contributed by atoms with Crippen molar-refractivity contribution in [3.63, 3.8) is 0 Å². The Labute approximate surface area is 126 Å². The second-order valence-electron chi connectivity index (χ2n) is 4.84. The zero-order valence-electron chi connectivity index (χ0n) is 12.1. The highest BCUT2D eigenvalue weighted by atomic mass is 19.2. The number of hydrogen-bond acceptors (Lipinski definition) is 2. The van der Waals surface area contributed by atoms with Crippen molar-refractivity contribution in [3.8, 4) is 0 Å². The van der Waals surface area contributed by atoms with Crippen LogP contribution in [0.5, 0.6) is 0 Å². The Kier molecular flexibility index (Phi) is 5.04. The van der Waals surface area contributed by atoms with E-state index >= 15 is 0 Å². The summed E-state index contributed by atoms with van der Waals surface area (Å²) in [5, 5.41) is 2.67. The molecule has 6 heteroatoms. The van der Waals surface area contributed by atoms with Crippen LogP contribution < -0.4 is 10.9 Å². The fourth-order valence-electron chi connectivity index (χ4n) is 2.03. The van der Waals surface area contributed by atoms with Crippen LogP contribution in [0.3, 0.4) is 0 Å². The van der Waals surface area contributed by atoms with Crippen molar-refractivity contribution in [2.24, 2.45) is 0 Å². The molecule has 4 nitrogen and oxygen atoms in total. The van der Waals surface area contributed by atoms with Crippen LogP contribution in [0.1, 0.15) is 18.9 Å². The fourth-order valence-corrected chi connectivity index (χ4v) is 2.03. The van der Waals surface area contributed by atoms with E-state index in [0.717, 1.165) is 12.1 Å². The van der Waals surface area contributed by atoms with Crippen LogP contribution in [0.15, 0.2) is 41.3 Å². The highest BCUT2D eigenvalue weighted by molar-refractivity contribution is 5.90. The summed E-state index contributed by atoms with van der Waals surface area (Å²) in [5.74, 6) is -2.09. The van der Waals surface area contributed by atoms with Crippen molar-refractivity contribution in [2.45, 2.75) is 26.3 Å². The maximum Gasteiger partial charge on any atom is 0.250 e. The number of nitrogens with one attached hydrogen (secondary N) is 1. The van der Waals surface area contributed by atoms with Crippen molar-refractivity contribution in [2.75, 3.05) is 5.32 Å². The Balaban J connectivity index is 1.95. The standard InChI is InChI=1S/C16H16F2N2O2/c1-2-20-10-12(5-8-16(20)22)19-15(21)7-4-11-3-6-13(17)14(18)9-11/h3,5-6,8-10H,2,4,7H2,1H3,(H,19,21). The molecular formula is C16H16F2N2O2. The first-order chi connectivity index (χ1) is 10.5. The molecule has 0 aliphatic heterocycles. The molecular weight excluding hydrogens is 290 g/mol. The highest BCUT2D eigenvalue weighted by Crippen LogP contribution is 2.11. The average Bonchev–Trinajstić information content (AvgIpc) is 2.50. The number of pyridine rings is 1. The molecule has 0 unspecified atom stereocenters. The van der Waals surface area contributed by atoms with E-state index < -0.39 is 11.6 Å². The largest absolute Gasteiger partial charge is 0.325 e. The molecule has 2 aromatic rings. The zero-order valence-corrected chi connectivity index (χ0v) is 12.1. The second-order valence-corrected chi connectivity index (χ2v) is 4.84. The van der Waals surface area contributed by atoms with Gasteiger partial charge >= 0.3 is 0 Å². The third-order valence-electron chi connectivity index (χ3n) is 3.23. The maximum absolute atomic E-state index is 13.1. The van der Waals surface area contributed by atoms with Crippen LogP contribution in [-0.4, -0.2) is 10.5 Å². The van der Waals surface area contributed by atoms with E-state index in [-0.39, 0.29) is 17.9 Å². The van der Waals surface area contributed by atoms with Crippen molar-refractivity contribution in [1.29, 1.82) is 0 Å². The Morgan fingerprint density at radius 2 is 1.95 bits per heavy atom. The fraction of sp³-hybridized carbons (Fsp3) is 0.250. The number of aromatic nitrogens is 1. The van der Waals surface area contributed by atoms with E-state index in [2.05, 4.69) is 5.32 Å². The first kappa shape index (κ1) is 15.9. The van der Waals surface area contributed by atoms with Gasteiger partial charge in [-0.25, -0.2) is 8.78 Å². The Morgan fingerprint density at radius 3 is 2.64 bits per heavy atom. The van der Waals surface area contributed by atoms with Crippen LogP contribution in [0.25, 0.3) is 0 Å². The molecule has 0 radical (unpaired) electrons. The van der Waals surface area contributed by atoms with Crippen molar-refractivity contribution in [3.05, 3.63) is 64.1 Å². The van der Waals surface area contributed by atoms with Crippen LogP contribution in [0, 0.1) is 11.6 Å². The summed E-state index contributed by atoms with van der Waals surface area (Å²) < 4.78 is 27.3. The van der Waals surface area contributed by atoms with E-state index in [0.29, 0.717) is 24.2 Å². The molecule has 1 heterocycles. The average molecular weight is 306 g/mol. The summed E-state index contributed by atoms with van der Waals surface area (Å²) in [4.78, 5) is 23.3. The maximum atomic E-state index is 13.1. The molecule has 0 bridgehead atoms. The molecule has 0 aliphatic rings. The summed E-state index contributed by atoms with van der Waals surface area (Å²) in [6.45, 7) is 2.34. The Morgan fingerprint density at radius 1 is 1.18 bits per heavy atom. The molecule has 0 saturated heterocycles. The van der Waals surface area contributed by atoms with Gasteiger partial charge in [-0.05, 0) is 37.1 Å². The summed E-state index contributed by atoms with van der Waals surface area (Å²) >= 11 is 0. The number of nitrogens with zero attached hydrogens (tertiary/aromatic N) is 1. The van der Waals surface area contributed by atoms with Gasteiger partial charge in [0.1, 0.15) is 0 Å². The van der Waals surface area contributed by atoms with Crippen molar-refractivity contribution >= 4 is 11.6 Å². The minimum absolute atomic E-state index is 0.135. The molecule has 22 heavy (non-hydrogen) atoms. The molecule has 0 aliphatic carbocycles. The van der Waals surface area contributed by atoms with Crippen LogP contribution in [-0.2, 0) is 17.8 Å². The SMILES string of the molecule is CCn1cc(NC(=O)CCc2ccc(F)c(F)c2)ccc1=O. The van der Waals surface area contributed by atoms with Gasteiger partial charge in [0.2, 0.25) is 5.91 Å². The van der Waals surface area contributed by atoms with Crippen LogP contribution in [0.2, 0.25) is 0 Å². The first-order valence-corrected chi connectivity index (χ1v) is 6.94. The minimum atomic E-state index is -0.923. The smallest absolute Gasteiger partial charge is 0.250 e. The quantitative estimate of drug-likeness (QED) is 0.923. The molecule has 1 aromatic carbocycles. The van der Waals surface area contributed by atoms with E-state index in [1.807, 2.05) is 6.92 Å². The molecule has 1 amide bonds. The number of carbonyl (C=O) groups excluding carboxylic acids is 1. The lowest BCUT2D eigenvalue weighted by Crippen LogP contribution is -2.19. The third kappa shape index (κ3) is 4.00. The highest BCUT2D eigenvalue weighted by Gasteiger charge is 2.07. The molecule has 2 rings (SSSR count). The lowest BCUT2D eigenvalue weighted by Gasteiger charge is -2.08. The minimum Gasteiger partial charge on any atom is -0.325 e. The van der Waals surface area contributed by atoms with Gasteiger partial charge in [0, 0.05) is 25.2 Å². The predicted octanol–water partition coefficient (Wildman–Crippen LogP) is 2.72. The third-order valence-corrected chi connectivity index (χ3v) is 3.23. The normalized spacial score (nSPS) is 10.5. The van der Waals surface area contributed by atoms with Crippen LogP contribution >= 0.6 is 0 Å². The zero-order chi connectivity index (χ0) is 16.1. The molecule has 0 fully saturated rings. The molecule has 1 N–H and O–H groups in total. The number of hydrogen-bond donors (Lipinski definition) is 1. The predicted molar refractivity (Wildman–Crippen MR) is 79.7 cm³/mol. The Hall–Kier alpha value is -2.50. The summed E-state index contributed by atoms with van der Waals surface area (Å²) in [6, 6.07) is 6.49. The number of halogens is 2. The summed E-state index contributed by atoms with van der Waals surface area (Å²) in [6.07, 6.45) is 2.00. The number of aryl methyl sites for hydroxylation is 2. The van der Waals surface area contributed by atoms with Crippen LogP contribution in [0.4, 0.5) is 14.5 Å². The van der Waals surface area contributed by atoms with E-state index in [1.165, 1.54) is 22.8 Å². The van der Waals surface area contributed by atoms with Crippen molar-refractivity contribution in [1.82, 2.24) is 4.57 Å². The first-order valence-electron chi connectivity index (χ1n) is 6.94. The van der Waals surface area contributed by atoms with E-state index in [1.54, 1.807) is 6.20 Å². The molecule has 0 saturated carbocycles. The van der Waals surface area contributed by atoms with Crippen molar-refractivity contribution < 1.29 is 13.6 Å². The topological polar surface area (TPSA) is 51.1 Å². The van der Waals surface area contributed by atoms with E-state index in [4.69, 9.17) is 0 Å². The van der Waals surface area contributed by atoms with Gasteiger partial charge in [0.15, 0.2) is 11.6 Å². The van der Waals surface area contributed by atoms with Gasteiger partial charge in [0.25, 0.3) is 5.56 Å². The molecule has 0 atom stereocenters. The monoisotopic (exact) mass is 306 g/mol. The number of amides is 1. The van der Waals surface area contributed by atoms with Gasteiger partial charge in [0.05, 0.1) is 5.69 Å². The lowest BCUT2D eigenvalue weighted by atomic mass is 10.1. The number of anilines is 1. The lowest BCUT2D eigenvalue weighted by molar-refractivity contribution is -0.116. The van der Waals surface area contributed by atoms with Gasteiger partial charge < -0.3 is 9.88 Å². The number of rotatable bonds is 5. The number of benzene rings is 1. The molecule has 116 valence electrons. The van der Waals surface area contributed by atoms with Gasteiger partial charge in [-0.15, -0.1) is 0 Å². The summed E-state index contributed by atoms with van der Waals surface area (Å²) in [5.41, 5.74) is 0.937. The van der Waals surface area contributed by atoms with E-state index in [9.17, 15) is 18.4 Å². The molecule has 1 aromatic heterocycles. The van der Waals surface area contributed by atoms with Gasteiger partial charge in [-0.1, -0.05) is 6.07 Å². The second kappa shape index (κ2) is 6.98. The van der Waals surface area contributed by atoms with Gasteiger partial charge in [-0.3, -0.25) is 9.59 Å². The Bertz CT molecular complexity index is 741. The van der Waals surface area contributed by atoms with Gasteiger partial charge in [-0.2, -0.15) is 0 Å².